The molecule has 0 radical (unpaired) electrons. The first-order chi connectivity index (χ1) is 13.8. The van der Waals surface area contributed by atoms with Gasteiger partial charge >= 0.3 is 5.97 Å². The molecule has 0 saturated heterocycles. The van der Waals surface area contributed by atoms with Gasteiger partial charge in [0.2, 0.25) is 0 Å². The number of aliphatic carboxylic acids is 1. The average molecular weight is 415 g/mol. The summed E-state index contributed by atoms with van der Waals surface area (Å²) in [6.07, 6.45) is 10.1. The van der Waals surface area contributed by atoms with Crippen molar-refractivity contribution < 1.29 is 29.6 Å². The van der Waals surface area contributed by atoms with E-state index in [1.54, 1.807) is 0 Å². The minimum Gasteiger partial charge on any atom is -0.481 e. The van der Waals surface area contributed by atoms with E-state index < -0.39 is 11.6 Å². The second kappa shape index (κ2) is 14.1. The molecule has 1 fully saturated rings. The molecule has 1 aliphatic rings. The van der Waals surface area contributed by atoms with Gasteiger partial charge in [-0.15, -0.1) is 0 Å². The van der Waals surface area contributed by atoms with Crippen LogP contribution in [0.5, 0.6) is 0 Å². The van der Waals surface area contributed by atoms with Gasteiger partial charge in [0.15, 0.2) is 0 Å². The van der Waals surface area contributed by atoms with Crippen molar-refractivity contribution in [3.05, 3.63) is 0 Å². The summed E-state index contributed by atoms with van der Waals surface area (Å²) in [5.74, 6) is -0.490. The van der Waals surface area contributed by atoms with E-state index in [1.165, 1.54) is 0 Å². The lowest BCUT2D eigenvalue weighted by Crippen LogP contribution is -2.30. The number of hydrogen-bond donors (Lipinski definition) is 3. The summed E-state index contributed by atoms with van der Waals surface area (Å²) < 4.78 is 5.78. The summed E-state index contributed by atoms with van der Waals surface area (Å²) in [6.45, 7) is 4.22. The molecule has 3 N–H and O–H groups in total. The van der Waals surface area contributed by atoms with Crippen molar-refractivity contribution in [2.75, 3.05) is 13.2 Å². The van der Waals surface area contributed by atoms with Gasteiger partial charge in [0.1, 0.15) is 5.78 Å². The fourth-order valence-electron chi connectivity index (χ4n) is 4.50. The summed E-state index contributed by atoms with van der Waals surface area (Å²) in [5, 5.41) is 28.5. The molecule has 1 unspecified atom stereocenters. The van der Waals surface area contributed by atoms with Crippen LogP contribution < -0.4 is 0 Å². The molecule has 0 heterocycles. The minimum atomic E-state index is -0.758. The summed E-state index contributed by atoms with van der Waals surface area (Å²) in [5.41, 5.74) is -0.719. The number of rotatable bonds is 17. The Morgan fingerprint density at radius 3 is 2.48 bits per heavy atom. The van der Waals surface area contributed by atoms with Gasteiger partial charge in [-0.25, -0.2) is 0 Å². The van der Waals surface area contributed by atoms with Gasteiger partial charge < -0.3 is 20.1 Å². The number of unbranched alkanes of at least 4 members (excludes halogenated alkanes) is 5. The number of aliphatic hydroxyl groups excluding tert-OH is 1. The van der Waals surface area contributed by atoms with Crippen LogP contribution in [-0.4, -0.2) is 52.0 Å². The molecule has 0 bridgehead atoms. The van der Waals surface area contributed by atoms with Crippen LogP contribution in [0, 0.1) is 11.8 Å². The molecule has 0 aromatic carbocycles. The van der Waals surface area contributed by atoms with Crippen molar-refractivity contribution in [3.8, 4) is 0 Å². The van der Waals surface area contributed by atoms with Crippen LogP contribution in [0.3, 0.4) is 0 Å². The van der Waals surface area contributed by atoms with E-state index in [1.807, 2.05) is 6.92 Å². The van der Waals surface area contributed by atoms with Crippen LogP contribution >= 0.6 is 0 Å². The van der Waals surface area contributed by atoms with Crippen molar-refractivity contribution in [1.82, 2.24) is 0 Å². The molecule has 170 valence electrons. The first-order valence-corrected chi connectivity index (χ1v) is 11.5. The lowest BCUT2D eigenvalue weighted by atomic mass is 9.82. The largest absolute Gasteiger partial charge is 0.481 e. The van der Waals surface area contributed by atoms with Crippen molar-refractivity contribution in [2.24, 2.45) is 11.8 Å². The Bertz CT molecular complexity index is 476. The van der Waals surface area contributed by atoms with E-state index in [9.17, 15) is 14.7 Å². The molecule has 1 aliphatic carbocycles. The zero-order chi connectivity index (χ0) is 21.7. The highest BCUT2D eigenvalue weighted by Gasteiger charge is 2.42. The van der Waals surface area contributed by atoms with Crippen LogP contribution in [0.25, 0.3) is 0 Å². The van der Waals surface area contributed by atoms with Crippen LogP contribution in [0.1, 0.15) is 97.3 Å². The fourth-order valence-corrected chi connectivity index (χ4v) is 4.50. The number of carbonyl (C=O) groups excluding carboxylic acids is 1. The third-order valence-corrected chi connectivity index (χ3v) is 6.22. The maximum Gasteiger partial charge on any atom is 0.303 e. The Labute approximate surface area is 176 Å². The van der Waals surface area contributed by atoms with Crippen LogP contribution in [-0.2, 0) is 14.3 Å². The molecule has 0 aromatic rings. The van der Waals surface area contributed by atoms with E-state index in [2.05, 4.69) is 6.92 Å². The molecule has 0 aliphatic heterocycles. The molecule has 4 atom stereocenters. The number of carboxylic acid groups (broad SMARTS) is 1. The highest BCUT2D eigenvalue weighted by Crippen LogP contribution is 2.39. The highest BCUT2D eigenvalue weighted by atomic mass is 16.5. The normalized spacial score (nSPS) is 24.0. The van der Waals surface area contributed by atoms with Gasteiger partial charge in [-0.2, -0.15) is 0 Å². The Morgan fingerprint density at radius 1 is 1.10 bits per heavy atom. The molecule has 29 heavy (non-hydrogen) atoms. The van der Waals surface area contributed by atoms with E-state index in [0.29, 0.717) is 19.3 Å². The average Bonchev–Trinajstić information content (AvgIpc) is 2.95. The summed E-state index contributed by atoms with van der Waals surface area (Å²) >= 11 is 0. The van der Waals surface area contributed by atoms with Gasteiger partial charge in [-0.05, 0) is 44.9 Å². The standard InChI is InChI=1S/C23H42O6/c1-3-4-9-13-23(2,28)14-12-19-18(10-7-5-6-8-11-22(26)27)20(25)17-21(19)29-16-15-24/h18-19,21,24,28H,3-17H2,1-2H3,(H,26,27)/t18-,19-,21-,23?/m1/s1. The lowest BCUT2D eigenvalue weighted by molar-refractivity contribution is -0.137. The van der Waals surface area contributed by atoms with Crippen molar-refractivity contribution in [3.63, 3.8) is 0 Å². The Balaban J connectivity index is 2.56. The van der Waals surface area contributed by atoms with E-state index in [0.717, 1.165) is 57.8 Å². The van der Waals surface area contributed by atoms with Gasteiger partial charge in [0, 0.05) is 18.8 Å². The summed E-state index contributed by atoms with van der Waals surface area (Å²) in [4.78, 5) is 23.2. The molecule has 6 heteroatoms. The van der Waals surface area contributed by atoms with Gasteiger partial charge in [-0.3, -0.25) is 9.59 Å². The van der Waals surface area contributed by atoms with Gasteiger partial charge in [0.05, 0.1) is 24.9 Å². The number of carboxylic acids is 1. The smallest absolute Gasteiger partial charge is 0.303 e. The molecule has 6 nitrogen and oxygen atoms in total. The number of aliphatic hydroxyl groups is 2. The molecule has 1 saturated carbocycles. The lowest BCUT2D eigenvalue weighted by Gasteiger charge is -2.29. The quantitative estimate of drug-likeness (QED) is 0.310. The van der Waals surface area contributed by atoms with Crippen molar-refractivity contribution in [2.45, 2.75) is 109 Å². The second-order valence-electron chi connectivity index (χ2n) is 8.91. The van der Waals surface area contributed by atoms with Crippen molar-refractivity contribution in [1.29, 1.82) is 0 Å². The molecule has 0 spiro atoms. The van der Waals surface area contributed by atoms with Gasteiger partial charge in [0.25, 0.3) is 0 Å². The zero-order valence-corrected chi connectivity index (χ0v) is 18.4. The maximum absolute atomic E-state index is 12.6. The number of hydrogen-bond acceptors (Lipinski definition) is 5. The van der Waals surface area contributed by atoms with Crippen molar-refractivity contribution >= 4 is 11.8 Å². The number of carbonyl (C=O) groups is 2. The van der Waals surface area contributed by atoms with Gasteiger partial charge in [-0.1, -0.05) is 45.4 Å². The molecule has 0 amide bonds. The topological polar surface area (TPSA) is 104 Å². The molecule has 1 rings (SSSR count). The van der Waals surface area contributed by atoms with E-state index >= 15 is 0 Å². The summed E-state index contributed by atoms with van der Waals surface area (Å²) in [7, 11) is 0. The third kappa shape index (κ3) is 10.6. The monoisotopic (exact) mass is 414 g/mol. The Hall–Kier alpha value is -0.980. The SMILES string of the molecule is CCCCCC(C)(O)CC[C@H]1[C@H](OCCO)CC(=O)[C@@H]1CCCCCCC(=O)O. The molecule has 0 aromatic heterocycles. The minimum absolute atomic E-state index is 0.0513. The van der Waals surface area contributed by atoms with Crippen LogP contribution in [0.15, 0.2) is 0 Å². The van der Waals surface area contributed by atoms with E-state index in [-0.39, 0.29) is 43.4 Å². The predicted octanol–water partition coefficient (Wildman–Crippen LogP) is 4.11. The second-order valence-corrected chi connectivity index (χ2v) is 8.91. The Morgan fingerprint density at radius 2 is 1.83 bits per heavy atom. The third-order valence-electron chi connectivity index (χ3n) is 6.22. The summed E-state index contributed by atoms with van der Waals surface area (Å²) in [6, 6.07) is 0. The zero-order valence-electron chi connectivity index (χ0n) is 18.4. The van der Waals surface area contributed by atoms with Crippen LogP contribution in [0.4, 0.5) is 0 Å². The van der Waals surface area contributed by atoms with E-state index in [4.69, 9.17) is 14.9 Å². The number of ketones is 1. The molecular weight excluding hydrogens is 372 g/mol. The first kappa shape index (κ1) is 26.1. The molecular formula is C23H42O6. The number of Topliss-reactive ketones (excluding diaryl/α,β-unsaturated/α-hetero) is 1. The number of ether oxygens (including phenoxy) is 1. The highest BCUT2D eigenvalue weighted by molar-refractivity contribution is 5.84. The fraction of sp³-hybridized carbons (Fsp3) is 0.913. The van der Waals surface area contributed by atoms with Crippen LogP contribution in [0.2, 0.25) is 0 Å². The maximum atomic E-state index is 12.6. The predicted molar refractivity (Wildman–Crippen MR) is 113 cm³/mol. The first-order valence-electron chi connectivity index (χ1n) is 11.5. The Kier molecular flexibility index (Phi) is 12.7.